The van der Waals surface area contributed by atoms with Gasteiger partial charge in [0.25, 0.3) is 0 Å². The van der Waals surface area contributed by atoms with Crippen LogP contribution in [0.2, 0.25) is 0 Å². The maximum atomic E-state index is 11.8. The minimum atomic E-state index is -0.266. The Labute approximate surface area is 110 Å². The third kappa shape index (κ3) is 8.06. The molecule has 18 heavy (non-hydrogen) atoms. The smallest absolute Gasteiger partial charge is 0.240 e. The van der Waals surface area contributed by atoms with E-state index in [-0.39, 0.29) is 29.9 Å². The number of amides is 2. The van der Waals surface area contributed by atoms with Crippen molar-refractivity contribution in [1.82, 2.24) is 15.5 Å². The Balaban J connectivity index is 4.12. The molecule has 0 aromatic heterocycles. The number of hydrogen-bond donors (Lipinski definition) is 2. The zero-order chi connectivity index (χ0) is 14.3. The standard InChI is InChI=1S/C13H27N3O2/c1-7-14-10(2)8-12(18)16(6)9-11(17)15-13(3,4)5/h10,14H,7-9H2,1-6H3,(H,15,17). The molecule has 0 spiro atoms. The summed E-state index contributed by atoms with van der Waals surface area (Å²) >= 11 is 0. The van der Waals surface area contributed by atoms with Crippen molar-refractivity contribution in [2.24, 2.45) is 0 Å². The first kappa shape index (κ1) is 16.9. The molecule has 0 aromatic rings. The maximum Gasteiger partial charge on any atom is 0.240 e. The molecule has 106 valence electrons. The fourth-order valence-electron chi connectivity index (χ4n) is 1.60. The van der Waals surface area contributed by atoms with Crippen LogP contribution in [-0.4, -0.2) is 48.4 Å². The van der Waals surface area contributed by atoms with Crippen molar-refractivity contribution in [2.45, 2.75) is 52.6 Å². The molecule has 0 aliphatic rings. The van der Waals surface area contributed by atoms with Crippen LogP contribution in [0.5, 0.6) is 0 Å². The summed E-state index contributed by atoms with van der Waals surface area (Å²) in [7, 11) is 1.66. The van der Waals surface area contributed by atoms with E-state index in [1.54, 1.807) is 7.05 Å². The lowest BCUT2D eigenvalue weighted by Crippen LogP contribution is -2.47. The van der Waals surface area contributed by atoms with Crippen molar-refractivity contribution >= 4 is 11.8 Å². The van der Waals surface area contributed by atoms with Crippen molar-refractivity contribution in [1.29, 1.82) is 0 Å². The van der Waals surface area contributed by atoms with E-state index in [9.17, 15) is 9.59 Å². The largest absolute Gasteiger partial charge is 0.350 e. The Morgan fingerprint density at radius 3 is 2.28 bits per heavy atom. The van der Waals surface area contributed by atoms with Crippen molar-refractivity contribution in [3.63, 3.8) is 0 Å². The van der Waals surface area contributed by atoms with E-state index in [0.29, 0.717) is 6.42 Å². The van der Waals surface area contributed by atoms with Crippen molar-refractivity contribution < 1.29 is 9.59 Å². The molecular weight excluding hydrogens is 230 g/mol. The summed E-state index contributed by atoms with van der Waals surface area (Å²) in [5.41, 5.74) is -0.266. The van der Waals surface area contributed by atoms with Crippen LogP contribution in [0.15, 0.2) is 0 Å². The second-order valence-electron chi connectivity index (χ2n) is 5.71. The van der Waals surface area contributed by atoms with Crippen LogP contribution in [0.1, 0.15) is 41.0 Å². The van der Waals surface area contributed by atoms with Crippen LogP contribution in [0.3, 0.4) is 0 Å². The van der Waals surface area contributed by atoms with E-state index >= 15 is 0 Å². The number of nitrogens with one attached hydrogen (secondary N) is 2. The van der Waals surface area contributed by atoms with Gasteiger partial charge in [0.05, 0.1) is 6.54 Å². The Kier molecular flexibility index (Phi) is 6.91. The highest BCUT2D eigenvalue weighted by Crippen LogP contribution is 2.00. The van der Waals surface area contributed by atoms with Crippen LogP contribution in [0.4, 0.5) is 0 Å². The second kappa shape index (κ2) is 7.36. The van der Waals surface area contributed by atoms with Gasteiger partial charge in [-0.1, -0.05) is 6.92 Å². The SMILES string of the molecule is CCNC(C)CC(=O)N(C)CC(=O)NC(C)(C)C. The normalized spacial score (nSPS) is 13.0. The van der Waals surface area contributed by atoms with Crippen LogP contribution in [0.25, 0.3) is 0 Å². The Hall–Kier alpha value is -1.10. The lowest BCUT2D eigenvalue weighted by atomic mass is 10.1. The molecule has 0 aromatic carbocycles. The highest BCUT2D eigenvalue weighted by molar-refractivity contribution is 5.85. The fraction of sp³-hybridized carbons (Fsp3) is 0.846. The minimum absolute atomic E-state index is 0.0208. The molecule has 0 rings (SSSR count). The number of hydrogen-bond acceptors (Lipinski definition) is 3. The molecule has 5 nitrogen and oxygen atoms in total. The summed E-state index contributed by atoms with van der Waals surface area (Å²) in [5.74, 6) is -0.151. The van der Waals surface area contributed by atoms with Gasteiger partial charge in [0, 0.05) is 25.0 Å². The van der Waals surface area contributed by atoms with Gasteiger partial charge in [-0.05, 0) is 34.2 Å². The molecule has 0 radical (unpaired) electrons. The molecule has 0 saturated heterocycles. The summed E-state index contributed by atoms with van der Waals surface area (Å²) in [5, 5.41) is 6.01. The van der Waals surface area contributed by atoms with Crippen LogP contribution in [-0.2, 0) is 9.59 Å². The van der Waals surface area contributed by atoms with Gasteiger partial charge in [-0.3, -0.25) is 9.59 Å². The van der Waals surface area contributed by atoms with E-state index in [0.717, 1.165) is 6.54 Å². The minimum Gasteiger partial charge on any atom is -0.350 e. The molecule has 0 aliphatic carbocycles. The molecule has 2 N–H and O–H groups in total. The summed E-state index contributed by atoms with van der Waals surface area (Å²) in [6.07, 6.45) is 0.410. The number of carbonyl (C=O) groups excluding carboxylic acids is 2. The number of carbonyl (C=O) groups is 2. The van der Waals surface area contributed by atoms with Gasteiger partial charge >= 0.3 is 0 Å². The van der Waals surface area contributed by atoms with Gasteiger partial charge < -0.3 is 15.5 Å². The Morgan fingerprint density at radius 2 is 1.83 bits per heavy atom. The predicted octanol–water partition coefficient (Wildman–Crippen LogP) is 0.748. The van der Waals surface area contributed by atoms with Crippen molar-refractivity contribution in [3.05, 3.63) is 0 Å². The summed E-state index contributed by atoms with van der Waals surface area (Å²) in [4.78, 5) is 25.0. The molecule has 2 amide bonds. The first-order valence-corrected chi connectivity index (χ1v) is 6.44. The molecule has 1 atom stereocenters. The zero-order valence-corrected chi connectivity index (χ0v) is 12.5. The van der Waals surface area contributed by atoms with Crippen LogP contribution < -0.4 is 10.6 Å². The fourth-order valence-corrected chi connectivity index (χ4v) is 1.60. The lowest BCUT2D eigenvalue weighted by molar-refractivity contribution is -0.135. The molecule has 0 heterocycles. The highest BCUT2D eigenvalue weighted by atomic mass is 16.2. The van der Waals surface area contributed by atoms with Crippen molar-refractivity contribution in [2.75, 3.05) is 20.1 Å². The van der Waals surface area contributed by atoms with Crippen LogP contribution >= 0.6 is 0 Å². The highest BCUT2D eigenvalue weighted by Gasteiger charge is 2.18. The van der Waals surface area contributed by atoms with E-state index in [1.165, 1.54) is 4.90 Å². The van der Waals surface area contributed by atoms with Gasteiger partial charge in [-0.25, -0.2) is 0 Å². The van der Waals surface area contributed by atoms with E-state index in [2.05, 4.69) is 10.6 Å². The number of rotatable bonds is 6. The number of nitrogens with zero attached hydrogens (tertiary/aromatic N) is 1. The van der Waals surface area contributed by atoms with Gasteiger partial charge in [0.1, 0.15) is 0 Å². The molecule has 0 aliphatic heterocycles. The molecule has 0 bridgehead atoms. The molecule has 1 unspecified atom stereocenters. The Morgan fingerprint density at radius 1 is 1.28 bits per heavy atom. The summed E-state index contributed by atoms with van der Waals surface area (Å²) < 4.78 is 0. The third-order valence-corrected chi connectivity index (χ3v) is 2.35. The average molecular weight is 257 g/mol. The second-order valence-corrected chi connectivity index (χ2v) is 5.71. The number of likely N-dealkylation sites (N-methyl/N-ethyl adjacent to an activating group) is 1. The first-order valence-electron chi connectivity index (χ1n) is 6.44. The topological polar surface area (TPSA) is 61.4 Å². The third-order valence-electron chi connectivity index (χ3n) is 2.35. The van der Waals surface area contributed by atoms with E-state index in [4.69, 9.17) is 0 Å². The molecular formula is C13H27N3O2. The van der Waals surface area contributed by atoms with Gasteiger partial charge in [0.2, 0.25) is 11.8 Å². The lowest BCUT2D eigenvalue weighted by Gasteiger charge is -2.24. The van der Waals surface area contributed by atoms with Crippen molar-refractivity contribution in [3.8, 4) is 0 Å². The monoisotopic (exact) mass is 257 g/mol. The average Bonchev–Trinajstić information content (AvgIpc) is 2.14. The molecule has 0 fully saturated rings. The summed E-state index contributed by atoms with van der Waals surface area (Å²) in [6.45, 7) is 10.7. The Bertz CT molecular complexity index is 284. The predicted molar refractivity (Wildman–Crippen MR) is 73.3 cm³/mol. The van der Waals surface area contributed by atoms with E-state index in [1.807, 2.05) is 34.6 Å². The summed E-state index contributed by atoms with van der Waals surface area (Å²) in [6, 6.07) is 0.135. The first-order chi connectivity index (χ1) is 8.15. The van der Waals surface area contributed by atoms with Crippen LogP contribution in [0, 0.1) is 0 Å². The zero-order valence-electron chi connectivity index (χ0n) is 12.5. The van der Waals surface area contributed by atoms with Gasteiger partial charge in [-0.2, -0.15) is 0 Å². The van der Waals surface area contributed by atoms with Gasteiger partial charge in [-0.15, -0.1) is 0 Å². The molecule has 5 heteroatoms. The maximum absolute atomic E-state index is 11.8. The molecule has 0 saturated carbocycles. The van der Waals surface area contributed by atoms with Gasteiger partial charge in [0.15, 0.2) is 0 Å². The van der Waals surface area contributed by atoms with E-state index < -0.39 is 0 Å². The quantitative estimate of drug-likeness (QED) is 0.738.